The molecule has 0 aliphatic heterocycles. The molecule has 0 aliphatic carbocycles. The maximum absolute atomic E-state index is 6.27. The van der Waals surface area contributed by atoms with E-state index >= 15 is 0 Å². The van der Waals surface area contributed by atoms with Crippen molar-refractivity contribution >= 4 is 49.6 Å². The monoisotopic (exact) mass is 613 g/mol. The summed E-state index contributed by atoms with van der Waals surface area (Å²) in [4.78, 5) is 2.31. The first-order valence-corrected chi connectivity index (χ1v) is 16.3. The molecule has 0 atom stereocenters. The molecule has 9 rings (SSSR count). The van der Waals surface area contributed by atoms with Crippen LogP contribution in [0.3, 0.4) is 0 Å². The minimum Gasteiger partial charge on any atom is -0.456 e. The van der Waals surface area contributed by atoms with Gasteiger partial charge in [-0.2, -0.15) is 0 Å². The maximum atomic E-state index is 6.27. The molecule has 0 amide bonds. The van der Waals surface area contributed by atoms with Gasteiger partial charge in [-0.05, 0) is 98.4 Å². The molecule has 226 valence electrons. The zero-order chi connectivity index (χ0) is 31.9. The molecule has 48 heavy (non-hydrogen) atoms. The lowest BCUT2D eigenvalue weighted by Gasteiger charge is -2.26. The highest BCUT2D eigenvalue weighted by Gasteiger charge is 2.15. The number of para-hydroxylation sites is 2. The Morgan fingerprint density at radius 1 is 0.333 bits per heavy atom. The number of benzene rings is 8. The lowest BCUT2D eigenvalue weighted by atomic mass is 9.97. The largest absolute Gasteiger partial charge is 0.456 e. The van der Waals surface area contributed by atoms with Crippen molar-refractivity contribution in [1.82, 2.24) is 0 Å². The second kappa shape index (κ2) is 11.8. The summed E-state index contributed by atoms with van der Waals surface area (Å²) in [6.07, 6.45) is 0. The van der Waals surface area contributed by atoms with E-state index in [1.807, 2.05) is 18.2 Å². The van der Waals surface area contributed by atoms with Crippen LogP contribution in [0.4, 0.5) is 17.1 Å². The third-order valence-electron chi connectivity index (χ3n) is 9.27. The second-order valence-corrected chi connectivity index (χ2v) is 12.2. The van der Waals surface area contributed by atoms with Crippen molar-refractivity contribution in [3.8, 4) is 33.6 Å². The zero-order valence-corrected chi connectivity index (χ0v) is 26.3. The van der Waals surface area contributed by atoms with E-state index < -0.39 is 0 Å². The molecule has 1 aromatic heterocycles. The van der Waals surface area contributed by atoms with Gasteiger partial charge in [-0.3, -0.25) is 0 Å². The topological polar surface area (TPSA) is 16.4 Å². The summed E-state index contributed by atoms with van der Waals surface area (Å²) in [6.45, 7) is 0. The van der Waals surface area contributed by atoms with Gasteiger partial charge in [0.1, 0.15) is 11.3 Å². The van der Waals surface area contributed by atoms with Crippen LogP contribution in [-0.4, -0.2) is 0 Å². The fraction of sp³-hybridized carbons (Fsp3) is 0. The van der Waals surface area contributed by atoms with Gasteiger partial charge < -0.3 is 9.32 Å². The number of nitrogens with zero attached hydrogens (tertiary/aromatic N) is 1. The van der Waals surface area contributed by atoms with Gasteiger partial charge in [-0.1, -0.05) is 133 Å². The summed E-state index contributed by atoms with van der Waals surface area (Å²) in [7, 11) is 0. The van der Waals surface area contributed by atoms with Crippen LogP contribution in [0.25, 0.3) is 66.1 Å². The summed E-state index contributed by atoms with van der Waals surface area (Å²) >= 11 is 0. The van der Waals surface area contributed by atoms with Crippen LogP contribution in [0.2, 0.25) is 0 Å². The quantitative estimate of drug-likeness (QED) is 0.174. The molecule has 2 heteroatoms. The van der Waals surface area contributed by atoms with Crippen LogP contribution < -0.4 is 4.90 Å². The molecule has 0 N–H and O–H groups in total. The lowest BCUT2D eigenvalue weighted by molar-refractivity contribution is 0.632. The van der Waals surface area contributed by atoms with Crippen LogP contribution in [0.5, 0.6) is 0 Å². The Balaban J connectivity index is 1.06. The Hall–Kier alpha value is -6.38. The number of rotatable bonds is 6. The normalized spacial score (nSPS) is 11.3. The van der Waals surface area contributed by atoms with Gasteiger partial charge in [0.2, 0.25) is 0 Å². The van der Waals surface area contributed by atoms with Gasteiger partial charge in [0.25, 0.3) is 0 Å². The third kappa shape index (κ3) is 5.01. The van der Waals surface area contributed by atoms with E-state index in [2.05, 4.69) is 175 Å². The summed E-state index contributed by atoms with van der Waals surface area (Å²) in [5.74, 6) is 0.877. The zero-order valence-electron chi connectivity index (χ0n) is 26.3. The van der Waals surface area contributed by atoms with Crippen molar-refractivity contribution in [3.05, 3.63) is 188 Å². The standard InChI is InChI=1S/C46H31NO/c1-2-12-38(13-3-1)47(39-25-20-32(21-26-39)35-24-29-43-36(30-35)19-18-33-10-4-6-14-41(33)43)40-27-22-34(23-28-40)42-15-7-8-16-44(42)46-31-37-11-5-9-17-45(37)48-46/h1-31H. The number of fused-ring (bicyclic) bond motifs is 4. The molecule has 0 radical (unpaired) electrons. The summed E-state index contributed by atoms with van der Waals surface area (Å²) in [5, 5.41) is 6.21. The Bertz CT molecular complexity index is 2510. The van der Waals surface area contributed by atoms with Gasteiger partial charge in [-0.15, -0.1) is 0 Å². The highest BCUT2D eigenvalue weighted by Crippen LogP contribution is 2.39. The molecule has 0 fully saturated rings. The smallest absolute Gasteiger partial charge is 0.136 e. The van der Waals surface area contributed by atoms with E-state index in [1.165, 1.54) is 32.7 Å². The first kappa shape index (κ1) is 27.9. The molecule has 1 heterocycles. The van der Waals surface area contributed by atoms with Crippen molar-refractivity contribution in [1.29, 1.82) is 0 Å². The van der Waals surface area contributed by atoms with E-state index in [4.69, 9.17) is 4.42 Å². The fourth-order valence-electron chi connectivity index (χ4n) is 6.87. The molecule has 9 aromatic rings. The van der Waals surface area contributed by atoms with Crippen LogP contribution in [0.15, 0.2) is 192 Å². The Morgan fingerprint density at radius 3 is 1.67 bits per heavy atom. The Labute approximate surface area is 279 Å². The second-order valence-electron chi connectivity index (χ2n) is 12.2. The number of hydrogen-bond acceptors (Lipinski definition) is 2. The van der Waals surface area contributed by atoms with E-state index in [1.54, 1.807) is 0 Å². The van der Waals surface area contributed by atoms with E-state index in [-0.39, 0.29) is 0 Å². The first-order chi connectivity index (χ1) is 23.8. The molecule has 0 aliphatic rings. The van der Waals surface area contributed by atoms with Crippen LogP contribution >= 0.6 is 0 Å². The SMILES string of the molecule is c1ccc(N(c2ccc(-c3ccc4c(ccc5ccccc54)c3)cc2)c2ccc(-c3ccccc3-c3cc4ccccc4o3)cc2)cc1. The van der Waals surface area contributed by atoms with Gasteiger partial charge in [-0.25, -0.2) is 0 Å². The number of anilines is 3. The van der Waals surface area contributed by atoms with Crippen molar-refractivity contribution in [2.45, 2.75) is 0 Å². The van der Waals surface area contributed by atoms with Crippen LogP contribution in [0, 0.1) is 0 Å². The average Bonchev–Trinajstić information content (AvgIpc) is 3.60. The summed E-state index contributed by atoms with van der Waals surface area (Å²) < 4.78 is 6.27. The van der Waals surface area contributed by atoms with Gasteiger partial charge in [0, 0.05) is 28.0 Å². The molecule has 2 nitrogen and oxygen atoms in total. The first-order valence-electron chi connectivity index (χ1n) is 16.3. The third-order valence-corrected chi connectivity index (χ3v) is 9.27. The van der Waals surface area contributed by atoms with E-state index in [0.717, 1.165) is 50.5 Å². The molecular weight excluding hydrogens is 583 g/mol. The molecule has 0 saturated heterocycles. The minimum atomic E-state index is 0.877. The summed E-state index contributed by atoms with van der Waals surface area (Å²) in [6, 6.07) is 66.9. The summed E-state index contributed by atoms with van der Waals surface area (Å²) in [5.41, 5.74) is 9.98. The van der Waals surface area contributed by atoms with Crippen molar-refractivity contribution in [2.24, 2.45) is 0 Å². The van der Waals surface area contributed by atoms with Gasteiger partial charge in [0.15, 0.2) is 0 Å². The molecule has 0 saturated carbocycles. The number of furan rings is 1. The highest BCUT2D eigenvalue weighted by molar-refractivity contribution is 6.08. The predicted molar refractivity (Wildman–Crippen MR) is 202 cm³/mol. The molecule has 0 bridgehead atoms. The van der Waals surface area contributed by atoms with E-state index in [9.17, 15) is 0 Å². The van der Waals surface area contributed by atoms with E-state index in [0.29, 0.717) is 0 Å². The Kier molecular flexibility index (Phi) is 6.84. The number of hydrogen-bond donors (Lipinski definition) is 0. The van der Waals surface area contributed by atoms with Crippen molar-refractivity contribution in [2.75, 3.05) is 4.90 Å². The molecule has 0 spiro atoms. The maximum Gasteiger partial charge on any atom is 0.136 e. The molecule has 0 unspecified atom stereocenters. The minimum absolute atomic E-state index is 0.877. The average molecular weight is 614 g/mol. The van der Waals surface area contributed by atoms with Crippen LogP contribution in [-0.2, 0) is 0 Å². The highest BCUT2D eigenvalue weighted by atomic mass is 16.3. The Morgan fingerprint density at radius 2 is 0.896 bits per heavy atom. The molecule has 8 aromatic carbocycles. The van der Waals surface area contributed by atoms with Crippen LogP contribution in [0.1, 0.15) is 0 Å². The van der Waals surface area contributed by atoms with Gasteiger partial charge >= 0.3 is 0 Å². The van der Waals surface area contributed by atoms with Crippen molar-refractivity contribution < 1.29 is 4.42 Å². The van der Waals surface area contributed by atoms with Crippen molar-refractivity contribution in [3.63, 3.8) is 0 Å². The predicted octanol–water partition coefficient (Wildman–Crippen LogP) is 13.2. The fourth-order valence-corrected chi connectivity index (χ4v) is 6.87. The van der Waals surface area contributed by atoms with Gasteiger partial charge in [0.05, 0.1) is 0 Å². The lowest BCUT2D eigenvalue weighted by Crippen LogP contribution is -2.09. The molecular formula is C46H31NO.